The lowest BCUT2D eigenvalue weighted by Crippen LogP contribution is -2.46. The maximum atomic E-state index is 12.4. The minimum absolute atomic E-state index is 0.0601. The number of piperidine rings is 1. The van der Waals surface area contributed by atoms with Crippen LogP contribution >= 0.6 is 15.9 Å². The average Bonchev–Trinajstić information content (AvgIpc) is 2.68. The van der Waals surface area contributed by atoms with Gasteiger partial charge >= 0.3 is 0 Å². The average molecular weight is 449 g/mol. The SMILES string of the molecule is O=C(C=Cc1ccccc1Br)N1CCC(NS(=O)(=O)c2ccccc2)CC1. The first-order valence-corrected chi connectivity index (χ1v) is 11.0. The molecule has 5 nitrogen and oxygen atoms in total. The van der Waals surface area contributed by atoms with E-state index in [0.717, 1.165) is 10.0 Å². The zero-order chi connectivity index (χ0) is 19.3. The summed E-state index contributed by atoms with van der Waals surface area (Å²) >= 11 is 3.46. The van der Waals surface area contributed by atoms with Crippen molar-refractivity contribution in [2.75, 3.05) is 13.1 Å². The molecular weight excluding hydrogens is 428 g/mol. The second kappa shape index (κ2) is 8.82. The summed E-state index contributed by atoms with van der Waals surface area (Å²) in [6.45, 7) is 1.06. The van der Waals surface area contributed by atoms with E-state index in [-0.39, 0.29) is 16.8 Å². The quantitative estimate of drug-likeness (QED) is 0.712. The summed E-state index contributed by atoms with van der Waals surface area (Å²) in [7, 11) is -3.52. The molecule has 1 N–H and O–H groups in total. The van der Waals surface area contributed by atoms with E-state index >= 15 is 0 Å². The molecule has 27 heavy (non-hydrogen) atoms. The van der Waals surface area contributed by atoms with Crippen molar-refractivity contribution in [2.45, 2.75) is 23.8 Å². The van der Waals surface area contributed by atoms with Crippen molar-refractivity contribution in [1.29, 1.82) is 0 Å². The number of nitrogens with zero attached hydrogens (tertiary/aromatic N) is 1. The van der Waals surface area contributed by atoms with Gasteiger partial charge in [0.15, 0.2) is 0 Å². The van der Waals surface area contributed by atoms with E-state index in [9.17, 15) is 13.2 Å². The van der Waals surface area contributed by atoms with Crippen LogP contribution in [0.4, 0.5) is 0 Å². The van der Waals surface area contributed by atoms with Crippen molar-refractivity contribution in [2.24, 2.45) is 0 Å². The molecule has 1 aliphatic rings. The lowest BCUT2D eigenvalue weighted by molar-refractivity contribution is -0.126. The number of carbonyl (C=O) groups is 1. The monoisotopic (exact) mass is 448 g/mol. The van der Waals surface area contributed by atoms with E-state index < -0.39 is 10.0 Å². The molecule has 1 heterocycles. The van der Waals surface area contributed by atoms with Crippen LogP contribution in [0.25, 0.3) is 6.08 Å². The summed E-state index contributed by atoms with van der Waals surface area (Å²) in [6, 6.07) is 15.9. The van der Waals surface area contributed by atoms with Gasteiger partial charge in [-0.1, -0.05) is 52.3 Å². The third-order valence-electron chi connectivity index (χ3n) is 4.49. The third kappa shape index (κ3) is 5.28. The van der Waals surface area contributed by atoms with E-state index in [1.165, 1.54) is 0 Å². The highest BCUT2D eigenvalue weighted by Crippen LogP contribution is 2.18. The van der Waals surface area contributed by atoms with E-state index in [0.29, 0.717) is 25.9 Å². The highest BCUT2D eigenvalue weighted by atomic mass is 79.9. The van der Waals surface area contributed by atoms with Crippen LogP contribution in [-0.2, 0) is 14.8 Å². The summed E-state index contributed by atoms with van der Waals surface area (Å²) in [6.07, 6.45) is 4.55. The molecule has 0 bridgehead atoms. The first kappa shape index (κ1) is 19.8. The zero-order valence-corrected chi connectivity index (χ0v) is 17.1. The molecule has 1 saturated heterocycles. The highest BCUT2D eigenvalue weighted by Gasteiger charge is 2.25. The van der Waals surface area contributed by atoms with Crippen LogP contribution in [0.1, 0.15) is 18.4 Å². The van der Waals surface area contributed by atoms with Crippen LogP contribution in [0, 0.1) is 0 Å². The van der Waals surface area contributed by atoms with Gasteiger partial charge in [-0.15, -0.1) is 0 Å². The number of sulfonamides is 1. The number of nitrogens with one attached hydrogen (secondary N) is 1. The standard InChI is InChI=1S/C20H21BrN2O3S/c21-19-9-5-4-6-16(19)10-11-20(24)23-14-12-17(13-15-23)22-27(25,26)18-7-2-1-3-8-18/h1-11,17,22H,12-15H2. The van der Waals surface area contributed by atoms with Crippen LogP contribution in [0.2, 0.25) is 0 Å². The molecule has 7 heteroatoms. The van der Waals surface area contributed by atoms with Gasteiger partial charge < -0.3 is 4.90 Å². The molecule has 1 fully saturated rings. The van der Waals surface area contributed by atoms with Crippen LogP contribution in [-0.4, -0.2) is 38.4 Å². The number of halogens is 1. The number of carbonyl (C=O) groups excluding carboxylic acids is 1. The van der Waals surface area contributed by atoms with E-state index in [1.807, 2.05) is 24.3 Å². The second-order valence-electron chi connectivity index (χ2n) is 6.39. The normalized spacial score (nSPS) is 16.0. The smallest absolute Gasteiger partial charge is 0.246 e. The zero-order valence-electron chi connectivity index (χ0n) is 14.7. The summed E-state index contributed by atoms with van der Waals surface area (Å²) in [4.78, 5) is 14.4. The van der Waals surface area contributed by atoms with Crippen molar-refractivity contribution in [1.82, 2.24) is 9.62 Å². The van der Waals surface area contributed by atoms with Crippen LogP contribution in [0.15, 0.2) is 70.0 Å². The summed E-state index contributed by atoms with van der Waals surface area (Å²) in [5, 5.41) is 0. The fourth-order valence-electron chi connectivity index (χ4n) is 2.98. The van der Waals surface area contributed by atoms with E-state index in [4.69, 9.17) is 0 Å². The minimum Gasteiger partial charge on any atom is -0.339 e. The molecule has 142 valence electrons. The number of likely N-dealkylation sites (tertiary alicyclic amines) is 1. The first-order valence-electron chi connectivity index (χ1n) is 8.74. The van der Waals surface area contributed by atoms with E-state index in [2.05, 4.69) is 20.7 Å². The largest absolute Gasteiger partial charge is 0.339 e. The number of amides is 1. The molecule has 0 aliphatic carbocycles. The van der Waals surface area contributed by atoms with Gasteiger partial charge in [-0.25, -0.2) is 13.1 Å². The Kier molecular flexibility index (Phi) is 6.46. The molecular formula is C20H21BrN2O3S. The minimum atomic E-state index is -3.52. The number of hydrogen-bond acceptors (Lipinski definition) is 3. The first-order chi connectivity index (χ1) is 13.0. The summed E-state index contributed by atoms with van der Waals surface area (Å²) in [5.41, 5.74) is 0.941. The number of rotatable bonds is 5. The Labute approximate surface area is 168 Å². The number of hydrogen-bond donors (Lipinski definition) is 1. The van der Waals surface area contributed by atoms with E-state index in [1.54, 1.807) is 47.4 Å². The Morgan fingerprint density at radius 1 is 1.04 bits per heavy atom. The van der Waals surface area contributed by atoms with Gasteiger partial charge in [-0.3, -0.25) is 4.79 Å². The Morgan fingerprint density at radius 3 is 2.33 bits per heavy atom. The molecule has 0 saturated carbocycles. The molecule has 0 unspecified atom stereocenters. The molecule has 2 aromatic rings. The van der Waals surface area contributed by atoms with Gasteiger partial charge in [0.1, 0.15) is 0 Å². The maximum Gasteiger partial charge on any atom is 0.246 e. The second-order valence-corrected chi connectivity index (χ2v) is 8.96. The maximum absolute atomic E-state index is 12.4. The topological polar surface area (TPSA) is 66.5 Å². The van der Waals surface area contributed by atoms with Gasteiger partial charge in [0, 0.05) is 29.7 Å². The Hall–Kier alpha value is -1.96. The van der Waals surface area contributed by atoms with Gasteiger partial charge in [0.25, 0.3) is 0 Å². The molecule has 0 spiro atoms. The molecule has 2 aromatic carbocycles. The van der Waals surface area contributed by atoms with Crippen LogP contribution in [0.3, 0.4) is 0 Å². The Balaban J connectivity index is 1.54. The molecule has 1 amide bonds. The molecule has 3 rings (SSSR count). The van der Waals surface area contributed by atoms with Crippen LogP contribution < -0.4 is 4.72 Å². The fraction of sp³-hybridized carbons (Fsp3) is 0.250. The van der Waals surface area contributed by atoms with Crippen LogP contribution in [0.5, 0.6) is 0 Å². The van der Waals surface area contributed by atoms with Crippen molar-refractivity contribution < 1.29 is 13.2 Å². The van der Waals surface area contributed by atoms with Crippen molar-refractivity contribution in [3.8, 4) is 0 Å². The molecule has 0 radical (unpaired) electrons. The van der Waals surface area contributed by atoms with Gasteiger partial charge in [-0.2, -0.15) is 0 Å². The van der Waals surface area contributed by atoms with Crippen molar-refractivity contribution in [3.05, 3.63) is 70.7 Å². The predicted octanol–water partition coefficient (Wildman–Crippen LogP) is 3.43. The van der Waals surface area contributed by atoms with Gasteiger partial charge in [0.2, 0.25) is 15.9 Å². The van der Waals surface area contributed by atoms with Crippen molar-refractivity contribution >= 4 is 37.9 Å². The van der Waals surface area contributed by atoms with Gasteiger partial charge in [0.05, 0.1) is 4.90 Å². The molecule has 0 atom stereocenters. The molecule has 1 aliphatic heterocycles. The lowest BCUT2D eigenvalue weighted by Gasteiger charge is -2.31. The third-order valence-corrected chi connectivity index (χ3v) is 6.75. The summed E-state index contributed by atoms with van der Waals surface area (Å²) in [5.74, 6) is -0.0601. The Morgan fingerprint density at radius 2 is 1.67 bits per heavy atom. The van der Waals surface area contributed by atoms with Crippen molar-refractivity contribution in [3.63, 3.8) is 0 Å². The Bertz CT molecular complexity index is 921. The fourth-order valence-corrected chi connectivity index (χ4v) is 4.72. The summed E-state index contributed by atoms with van der Waals surface area (Å²) < 4.78 is 28.5. The highest BCUT2D eigenvalue weighted by molar-refractivity contribution is 9.10. The number of benzene rings is 2. The molecule has 0 aromatic heterocycles. The van der Waals surface area contributed by atoms with Gasteiger partial charge in [-0.05, 0) is 42.7 Å². The predicted molar refractivity (Wildman–Crippen MR) is 110 cm³/mol. The lowest BCUT2D eigenvalue weighted by atomic mass is 10.1.